The average molecular weight is 280 g/mol. The number of hydrogen-bond acceptors (Lipinski definition) is 3. The van der Waals surface area contributed by atoms with Gasteiger partial charge in [0.1, 0.15) is 0 Å². The Morgan fingerprint density at radius 2 is 2.11 bits per heavy atom. The molecule has 0 radical (unpaired) electrons. The zero-order valence-electron chi connectivity index (χ0n) is 12.1. The van der Waals surface area contributed by atoms with Crippen molar-refractivity contribution in [3.05, 3.63) is 35.4 Å². The third kappa shape index (κ3) is 5.66. The van der Waals surface area contributed by atoms with E-state index in [0.29, 0.717) is 12.3 Å². The van der Waals surface area contributed by atoms with Crippen LogP contribution in [0.2, 0.25) is 0 Å². The van der Waals surface area contributed by atoms with Crippen molar-refractivity contribution in [2.45, 2.75) is 32.9 Å². The number of carbonyl (C=O) groups is 1. The van der Waals surface area contributed by atoms with Crippen LogP contribution in [0.4, 0.5) is 0 Å². The highest BCUT2D eigenvalue weighted by Gasteiger charge is 2.11. The number of amides is 1. The molecule has 106 valence electrons. The van der Waals surface area contributed by atoms with E-state index in [4.69, 9.17) is 5.73 Å². The van der Waals surface area contributed by atoms with Crippen LogP contribution < -0.4 is 5.73 Å². The van der Waals surface area contributed by atoms with Crippen LogP contribution in [0.3, 0.4) is 0 Å². The van der Waals surface area contributed by atoms with Gasteiger partial charge in [-0.1, -0.05) is 31.2 Å². The maximum absolute atomic E-state index is 12.0. The largest absolute Gasteiger partial charge is 0.341 e. The topological polar surface area (TPSA) is 46.3 Å². The van der Waals surface area contributed by atoms with E-state index in [1.54, 1.807) is 16.7 Å². The highest BCUT2D eigenvalue weighted by molar-refractivity contribution is 7.99. The zero-order chi connectivity index (χ0) is 14.3. The lowest BCUT2D eigenvalue weighted by Gasteiger charge is -2.18. The number of nitrogens with two attached hydrogens (primary N) is 1. The fourth-order valence-corrected chi connectivity index (χ4v) is 2.71. The van der Waals surface area contributed by atoms with Crippen LogP contribution in [0.5, 0.6) is 0 Å². The number of benzene rings is 1. The van der Waals surface area contributed by atoms with Gasteiger partial charge in [-0.25, -0.2) is 0 Å². The van der Waals surface area contributed by atoms with Crippen molar-refractivity contribution >= 4 is 17.7 Å². The Bertz CT molecular complexity index is 409. The van der Waals surface area contributed by atoms with Gasteiger partial charge in [-0.2, -0.15) is 11.8 Å². The minimum absolute atomic E-state index is 0.163. The van der Waals surface area contributed by atoms with E-state index in [-0.39, 0.29) is 11.9 Å². The molecule has 0 heterocycles. The first-order chi connectivity index (χ1) is 9.04. The number of aryl methyl sites for hydroxylation is 1. The molecule has 1 aromatic carbocycles. The van der Waals surface area contributed by atoms with Crippen LogP contribution in [0, 0.1) is 6.92 Å². The molecular formula is C15H24N2OS. The van der Waals surface area contributed by atoms with Crippen molar-refractivity contribution < 1.29 is 4.79 Å². The summed E-state index contributed by atoms with van der Waals surface area (Å²) < 4.78 is 0. The van der Waals surface area contributed by atoms with E-state index in [9.17, 15) is 4.79 Å². The Morgan fingerprint density at radius 1 is 1.42 bits per heavy atom. The number of thioether (sulfide) groups is 1. The van der Waals surface area contributed by atoms with Gasteiger partial charge in [0.25, 0.3) is 0 Å². The summed E-state index contributed by atoms with van der Waals surface area (Å²) >= 11 is 1.62. The molecule has 0 spiro atoms. The van der Waals surface area contributed by atoms with E-state index < -0.39 is 0 Å². The maximum atomic E-state index is 12.0. The van der Waals surface area contributed by atoms with E-state index in [1.165, 1.54) is 11.1 Å². The molecule has 0 bridgehead atoms. The minimum Gasteiger partial charge on any atom is -0.341 e. The highest BCUT2D eigenvalue weighted by atomic mass is 32.2. The lowest BCUT2D eigenvalue weighted by atomic mass is 10.1. The van der Waals surface area contributed by atoms with Gasteiger partial charge in [-0.05, 0) is 24.5 Å². The Labute approximate surface area is 120 Å². The normalized spacial score (nSPS) is 12.2. The summed E-state index contributed by atoms with van der Waals surface area (Å²) in [5, 5.41) is 0. The molecule has 3 nitrogen and oxygen atoms in total. The summed E-state index contributed by atoms with van der Waals surface area (Å²) in [5.41, 5.74) is 8.26. The molecular weight excluding hydrogens is 256 g/mol. The van der Waals surface area contributed by atoms with Crippen molar-refractivity contribution in [3.8, 4) is 0 Å². The van der Waals surface area contributed by atoms with Gasteiger partial charge in [0.2, 0.25) is 5.91 Å². The van der Waals surface area contributed by atoms with Gasteiger partial charge in [-0.3, -0.25) is 4.79 Å². The molecule has 4 heteroatoms. The molecule has 1 amide bonds. The first-order valence-corrected chi connectivity index (χ1v) is 7.81. The second-order valence-electron chi connectivity index (χ2n) is 4.86. The third-order valence-corrected chi connectivity index (χ3v) is 4.29. The smallest absolute Gasteiger partial charge is 0.232 e. The number of nitrogens with zero attached hydrogens (tertiary/aromatic N) is 1. The minimum atomic E-state index is 0.163. The van der Waals surface area contributed by atoms with Crippen molar-refractivity contribution in [3.63, 3.8) is 0 Å². The summed E-state index contributed by atoms with van der Waals surface area (Å²) in [6.07, 6.45) is 0.959. The summed E-state index contributed by atoms with van der Waals surface area (Å²) in [6.45, 7) is 4.81. The lowest BCUT2D eigenvalue weighted by molar-refractivity contribution is -0.127. The Hall–Kier alpha value is -1.00. The second kappa shape index (κ2) is 8.23. The highest BCUT2D eigenvalue weighted by Crippen LogP contribution is 2.11. The number of carbonyl (C=O) groups excluding carboxylic acids is 1. The van der Waals surface area contributed by atoms with Gasteiger partial charge < -0.3 is 10.6 Å². The van der Waals surface area contributed by atoms with Crippen LogP contribution >= 0.6 is 11.8 Å². The number of hydrogen-bond donors (Lipinski definition) is 1. The summed E-state index contributed by atoms with van der Waals surface area (Å²) in [5.74, 6) is 1.52. The lowest BCUT2D eigenvalue weighted by Crippen LogP contribution is -2.29. The standard InChI is InChI=1S/C15H24N2OS/c1-4-14(16)10-19-11-15(18)17(3)9-13-8-6-5-7-12(13)2/h5-8,14H,4,9-11,16H2,1-3H3. The maximum Gasteiger partial charge on any atom is 0.232 e. The molecule has 0 aliphatic rings. The molecule has 0 fully saturated rings. The van der Waals surface area contributed by atoms with E-state index in [2.05, 4.69) is 26.0 Å². The molecule has 1 rings (SSSR count). The summed E-state index contributed by atoms with van der Waals surface area (Å²) in [4.78, 5) is 13.8. The van der Waals surface area contributed by atoms with Crippen molar-refractivity contribution in [2.24, 2.45) is 5.73 Å². The molecule has 0 aromatic heterocycles. The van der Waals surface area contributed by atoms with Gasteiger partial charge in [-0.15, -0.1) is 0 Å². The van der Waals surface area contributed by atoms with Crippen molar-refractivity contribution in [2.75, 3.05) is 18.6 Å². The Balaban J connectivity index is 2.39. The summed E-state index contributed by atoms with van der Waals surface area (Å²) in [6, 6.07) is 8.36. The molecule has 0 aliphatic carbocycles. The van der Waals surface area contributed by atoms with Crippen LogP contribution in [-0.2, 0) is 11.3 Å². The molecule has 2 N–H and O–H groups in total. The SMILES string of the molecule is CCC(N)CSCC(=O)N(C)Cc1ccccc1C. The number of rotatable bonds is 7. The molecule has 0 aliphatic heterocycles. The van der Waals surface area contributed by atoms with Crippen LogP contribution in [-0.4, -0.2) is 35.4 Å². The molecule has 0 saturated carbocycles. The Morgan fingerprint density at radius 3 is 2.74 bits per heavy atom. The molecule has 1 aromatic rings. The van der Waals surface area contributed by atoms with Gasteiger partial charge in [0, 0.05) is 25.4 Å². The van der Waals surface area contributed by atoms with E-state index in [0.717, 1.165) is 12.2 Å². The summed E-state index contributed by atoms with van der Waals surface area (Å²) in [7, 11) is 1.86. The van der Waals surface area contributed by atoms with Gasteiger partial charge >= 0.3 is 0 Å². The predicted octanol–water partition coefficient (Wildman–Crippen LogP) is 2.42. The molecule has 1 atom stereocenters. The molecule has 1 unspecified atom stereocenters. The fourth-order valence-electron chi connectivity index (χ4n) is 1.66. The van der Waals surface area contributed by atoms with Crippen molar-refractivity contribution in [1.82, 2.24) is 4.90 Å². The predicted molar refractivity (Wildman–Crippen MR) is 83.2 cm³/mol. The van der Waals surface area contributed by atoms with Crippen LogP contribution in [0.1, 0.15) is 24.5 Å². The molecule has 0 saturated heterocycles. The second-order valence-corrected chi connectivity index (χ2v) is 5.89. The Kier molecular flexibility index (Phi) is 6.95. The average Bonchev–Trinajstić information content (AvgIpc) is 2.40. The van der Waals surface area contributed by atoms with Crippen LogP contribution in [0.25, 0.3) is 0 Å². The first-order valence-electron chi connectivity index (χ1n) is 6.66. The van der Waals surface area contributed by atoms with E-state index in [1.807, 2.05) is 19.2 Å². The molecule has 19 heavy (non-hydrogen) atoms. The third-order valence-electron chi connectivity index (χ3n) is 3.18. The zero-order valence-corrected chi connectivity index (χ0v) is 12.9. The monoisotopic (exact) mass is 280 g/mol. The fraction of sp³-hybridized carbons (Fsp3) is 0.533. The van der Waals surface area contributed by atoms with Gasteiger partial charge in [0.15, 0.2) is 0 Å². The quantitative estimate of drug-likeness (QED) is 0.834. The first kappa shape index (κ1) is 16.1. The van der Waals surface area contributed by atoms with E-state index >= 15 is 0 Å². The van der Waals surface area contributed by atoms with Crippen molar-refractivity contribution in [1.29, 1.82) is 0 Å². The van der Waals surface area contributed by atoms with Gasteiger partial charge in [0.05, 0.1) is 5.75 Å². The van der Waals surface area contributed by atoms with Crippen LogP contribution in [0.15, 0.2) is 24.3 Å².